The highest BCUT2D eigenvalue weighted by Crippen LogP contribution is 2.31. The van der Waals surface area contributed by atoms with Gasteiger partial charge in [0.25, 0.3) is 5.24 Å². The smallest absolute Gasteiger partial charge is 0.270 e. The number of aromatic nitrogens is 1. The number of benzene rings is 1. The molecule has 1 heterocycles. The fourth-order valence-corrected chi connectivity index (χ4v) is 3.31. The van der Waals surface area contributed by atoms with Crippen molar-refractivity contribution in [1.82, 2.24) is 4.98 Å². The summed E-state index contributed by atoms with van der Waals surface area (Å²) < 4.78 is 5.97. The third kappa shape index (κ3) is 3.36. The summed E-state index contributed by atoms with van der Waals surface area (Å²) in [4.78, 5) is 15.7. The number of nitrogens with zero attached hydrogens (tertiary/aromatic N) is 1. The highest BCUT2D eigenvalue weighted by atomic mass is 35.5. The Morgan fingerprint density at radius 3 is 2.77 bits per heavy atom. The van der Waals surface area contributed by atoms with Crippen LogP contribution in [0.2, 0.25) is 5.02 Å². The molecule has 0 bridgehead atoms. The fraction of sp³-hybridized carbons (Fsp3) is 0.412. The van der Waals surface area contributed by atoms with E-state index in [-0.39, 0.29) is 5.69 Å². The Bertz CT molecular complexity index is 696. The number of carbonyl (C=O) groups excluding carboxylic acids is 1. The minimum Gasteiger partial charge on any atom is -0.491 e. The van der Waals surface area contributed by atoms with Crippen molar-refractivity contribution in [3.8, 4) is 5.75 Å². The first kappa shape index (κ1) is 15.6. The minimum absolute atomic E-state index is 0.146. The van der Waals surface area contributed by atoms with Gasteiger partial charge in [0.1, 0.15) is 17.0 Å². The summed E-state index contributed by atoms with van der Waals surface area (Å²) in [5, 5.41) is 0.604. The molecule has 1 aromatic heterocycles. The summed E-state index contributed by atoms with van der Waals surface area (Å²) in [7, 11) is 0. The number of fused-ring (bicyclic) bond motifs is 1. The van der Waals surface area contributed by atoms with Crippen molar-refractivity contribution < 1.29 is 9.53 Å². The predicted molar refractivity (Wildman–Crippen MR) is 89.0 cm³/mol. The molecule has 1 aromatic carbocycles. The summed E-state index contributed by atoms with van der Waals surface area (Å²) in [6, 6.07) is 7.09. The molecule has 1 saturated carbocycles. The average molecular weight is 338 g/mol. The van der Waals surface area contributed by atoms with Crippen LogP contribution in [0, 0.1) is 5.92 Å². The van der Waals surface area contributed by atoms with E-state index in [1.54, 1.807) is 0 Å². The van der Waals surface area contributed by atoms with E-state index in [1.807, 2.05) is 18.2 Å². The van der Waals surface area contributed by atoms with Gasteiger partial charge in [-0.1, -0.05) is 43.0 Å². The molecule has 5 heteroatoms. The van der Waals surface area contributed by atoms with E-state index in [1.165, 1.54) is 38.2 Å². The predicted octanol–water partition coefficient (Wildman–Crippen LogP) is 5.23. The van der Waals surface area contributed by atoms with Gasteiger partial charge in [-0.25, -0.2) is 4.98 Å². The van der Waals surface area contributed by atoms with Gasteiger partial charge in [0.2, 0.25) is 0 Å². The first-order chi connectivity index (χ1) is 10.6. The fourth-order valence-electron chi connectivity index (χ4n) is 2.96. The van der Waals surface area contributed by atoms with Crippen LogP contribution in [0.4, 0.5) is 0 Å². The number of rotatable bonds is 4. The van der Waals surface area contributed by atoms with Crippen molar-refractivity contribution in [1.29, 1.82) is 0 Å². The van der Waals surface area contributed by atoms with Gasteiger partial charge in [0.15, 0.2) is 0 Å². The lowest BCUT2D eigenvalue weighted by Crippen LogP contribution is -2.15. The Labute approximate surface area is 139 Å². The molecule has 0 amide bonds. The van der Waals surface area contributed by atoms with Crippen LogP contribution in [0.15, 0.2) is 24.3 Å². The normalized spacial score (nSPS) is 15.9. The number of ether oxygens (including phenoxy) is 1. The van der Waals surface area contributed by atoms with E-state index >= 15 is 0 Å². The standard InChI is InChI=1S/C17H17Cl2NO2/c18-13-9-14(17(19)21)20-16-12(13)7-4-8-15(16)22-10-11-5-2-1-3-6-11/h4,7-9,11H,1-3,5-6,10H2. The maximum Gasteiger partial charge on any atom is 0.270 e. The second-order valence-corrected chi connectivity index (χ2v) is 6.48. The quantitative estimate of drug-likeness (QED) is 0.717. The molecule has 1 fully saturated rings. The van der Waals surface area contributed by atoms with Crippen LogP contribution in [0.5, 0.6) is 5.75 Å². The molecule has 0 N–H and O–H groups in total. The average Bonchev–Trinajstić information content (AvgIpc) is 2.54. The van der Waals surface area contributed by atoms with Crippen molar-refractivity contribution in [3.63, 3.8) is 0 Å². The van der Waals surface area contributed by atoms with E-state index in [4.69, 9.17) is 27.9 Å². The second kappa shape index (κ2) is 6.84. The SMILES string of the molecule is O=C(Cl)c1cc(Cl)c2cccc(OCC3CCCCC3)c2n1. The Hall–Kier alpha value is -1.32. The first-order valence-corrected chi connectivity index (χ1v) is 8.32. The number of carbonyl (C=O) groups is 1. The largest absolute Gasteiger partial charge is 0.491 e. The first-order valence-electron chi connectivity index (χ1n) is 7.57. The van der Waals surface area contributed by atoms with Crippen LogP contribution >= 0.6 is 23.2 Å². The lowest BCUT2D eigenvalue weighted by atomic mass is 9.90. The molecule has 3 nitrogen and oxygen atoms in total. The zero-order valence-corrected chi connectivity index (χ0v) is 13.7. The highest BCUT2D eigenvalue weighted by molar-refractivity contribution is 6.67. The number of halogens is 2. The molecule has 0 unspecified atom stereocenters. The molecule has 2 aromatic rings. The maximum atomic E-state index is 11.4. The molecule has 1 aliphatic carbocycles. The number of hydrogen-bond acceptors (Lipinski definition) is 3. The van der Waals surface area contributed by atoms with Crippen molar-refractivity contribution in [2.75, 3.05) is 6.61 Å². The summed E-state index contributed by atoms with van der Waals surface area (Å²) in [6.07, 6.45) is 6.30. The van der Waals surface area contributed by atoms with E-state index in [9.17, 15) is 4.79 Å². The lowest BCUT2D eigenvalue weighted by molar-refractivity contribution is 0.107. The van der Waals surface area contributed by atoms with Crippen LogP contribution in [0.25, 0.3) is 10.9 Å². The van der Waals surface area contributed by atoms with Gasteiger partial charge < -0.3 is 4.74 Å². The zero-order chi connectivity index (χ0) is 15.5. The van der Waals surface area contributed by atoms with E-state index < -0.39 is 5.24 Å². The highest BCUT2D eigenvalue weighted by Gasteiger charge is 2.16. The van der Waals surface area contributed by atoms with Gasteiger partial charge >= 0.3 is 0 Å². The van der Waals surface area contributed by atoms with Gasteiger partial charge in [0.05, 0.1) is 11.6 Å². The molecule has 0 aliphatic heterocycles. The molecule has 0 radical (unpaired) electrons. The lowest BCUT2D eigenvalue weighted by Gasteiger charge is -2.22. The third-order valence-electron chi connectivity index (χ3n) is 4.15. The number of para-hydroxylation sites is 1. The van der Waals surface area contributed by atoms with Crippen molar-refractivity contribution in [3.05, 3.63) is 35.0 Å². The molecule has 0 atom stereocenters. The minimum atomic E-state index is -0.620. The topological polar surface area (TPSA) is 39.2 Å². The van der Waals surface area contributed by atoms with Crippen LogP contribution in [-0.2, 0) is 0 Å². The zero-order valence-electron chi connectivity index (χ0n) is 12.1. The summed E-state index contributed by atoms with van der Waals surface area (Å²) in [5.41, 5.74) is 0.739. The number of pyridine rings is 1. The molecular formula is C17H17Cl2NO2. The van der Waals surface area contributed by atoms with Crippen molar-refractivity contribution >= 4 is 39.3 Å². The van der Waals surface area contributed by atoms with Crippen LogP contribution < -0.4 is 4.74 Å². The molecule has 116 valence electrons. The van der Waals surface area contributed by atoms with E-state index in [0.29, 0.717) is 28.8 Å². The van der Waals surface area contributed by atoms with E-state index in [0.717, 1.165) is 5.39 Å². The molecular weight excluding hydrogens is 321 g/mol. The van der Waals surface area contributed by atoms with Crippen molar-refractivity contribution in [2.24, 2.45) is 5.92 Å². The van der Waals surface area contributed by atoms with E-state index in [2.05, 4.69) is 4.98 Å². The van der Waals surface area contributed by atoms with Gasteiger partial charge in [-0.3, -0.25) is 4.79 Å². The Morgan fingerprint density at radius 1 is 1.27 bits per heavy atom. The Kier molecular flexibility index (Phi) is 4.84. The van der Waals surface area contributed by atoms with Gasteiger partial charge in [-0.2, -0.15) is 0 Å². The summed E-state index contributed by atoms with van der Waals surface area (Å²) in [5.74, 6) is 1.25. The Morgan fingerprint density at radius 2 is 2.05 bits per heavy atom. The Balaban J connectivity index is 1.89. The third-order valence-corrected chi connectivity index (χ3v) is 4.66. The van der Waals surface area contributed by atoms with Crippen LogP contribution in [0.1, 0.15) is 42.6 Å². The molecule has 3 rings (SSSR count). The van der Waals surface area contributed by atoms with Gasteiger partial charge in [-0.05, 0) is 42.5 Å². The molecule has 1 aliphatic rings. The summed E-state index contributed by atoms with van der Waals surface area (Å²) >= 11 is 11.7. The molecule has 22 heavy (non-hydrogen) atoms. The monoisotopic (exact) mass is 337 g/mol. The second-order valence-electron chi connectivity index (χ2n) is 5.73. The van der Waals surface area contributed by atoms with Crippen LogP contribution in [-0.4, -0.2) is 16.8 Å². The van der Waals surface area contributed by atoms with Crippen LogP contribution in [0.3, 0.4) is 0 Å². The van der Waals surface area contributed by atoms with Gasteiger partial charge in [0, 0.05) is 5.39 Å². The van der Waals surface area contributed by atoms with Gasteiger partial charge in [-0.15, -0.1) is 0 Å². The maximum absolute atomic E-state index is 11.4. The summed E-state index contributed by atoms with van der Waals surface area (Å²) in [6.45, 7) is 0.678. The molecule has 0 spiro atoms. The molecule has 0 saturated heterocycles. The van der Waals surface area contributed by atoms with Crippen molar-refractivity contribution in [2.45, 2.75) is 32.1 Å². The number of hydrogen-bond donors (Lipinski definition) is 0.